The molecule has 1 unspecified atom stereocenters. The number of esters is 1. The highest BCUT2D eigenvalue weighted by Gasteiger charge is 2.21. The van der Waals surface area contributed by atoms with E-state index in [4.69, 9.17) is 9.47 Å². The molecule has 1 aromatic carbocycles. The van der Waals surface area contributed by atoms with Gasteiger partial charge in [-0.05, 0) is 45.4 Å². The normalized spacial score (nSPS) is 11.8. The quantitative estimate of drug-likeness (QED) is 0.301. The lowest BCUT2D eigenvalue weighted by molar-refractivity contribution is -0.113. The lowest BCUT2D eigenvalue weighted by Gasteiger charge is -2.15. The summed E-state index contributed by atoms with van der Waals surface area (Å²) in [6.07, 6.45) is 0.474. The predicted molar refractivity (Wildman–Crippen MR) is 130 cm³/mol. The number of thioether (sulfide) groups is 1. The van der Waals surface area contributed by atoms with Crippen molar-refractivity contribution in [1.29, 1.82) is 0 Å². The van der Waals surface area contributed by atoms with Crippen LogP contribution in [-0.2, 0) is 22.5 Å². The van der Waals surface area contributed by atoms with Gasteiger partial charge in [0, 0.05) is 11.4 Å². The lowest BCUT2D eigenvalue weighted by Crippen LogP contribution is -2.16. The number of amides is 1. The minimum atomic E-state index is -0.431. The van der Waals surface area contributed by atoms with Crippen LogP contribution in [0.1, 0.15) is 54.9 Å². The third kappa shape index (κ3) is 6.35. The average Bonchev–Trinajstić information content (AvgIpc) is 3.42. The number of aromatic nitrogens is 3. The molecule has 0 aliphatic carbocycles. The summed E-state index contributed by atoms with van der Waals surface area (Å²) in [5, 5.41) is 12.6. The van der Waals surface area contributed by atoms with Gasteiger partial charge in [0.15, 0.2) is 17.1 Å². The van der Waals surface area contributed by atoms with Crippen LogP contribution in [0.4, 0.5) is 5.00 Å². The van der Waals surface area contributed by atoms with Crippen molar-refractivity contribution in [2.75, 3.05) is 17.7 Å². The largest absolute Gasteiger partial charge is 0.483 e. The number of rotatable bonds is 11. The second kappa shape index (κ2) is 11.9. The van der Waals surface area contributed by atoms with Crippen molar-refractivity contribution in [1.82, 2.24) is 14.8 Å². The fraction of sp³-hybridized carbons (Fsp3) is 0.391. The standard InChI is InChI=1S/C23H28N4O4S2/c1-5-17-13-18(22(29)30-7-3)21(33-17)24-19(28)14-32-23-26-25-20(27(23)6-2)15(4)31-16-11-9-8-10-12-16/h8-13,15H,5-7,14H2,1-4H3,(H,24,28). The maximum absolute atomic E-state index is 12.6. The summed E-state index contributed by atoms with van der Waals surface area (Å²) in [6.45, 7) is 8.59. The molecule has 0 spiro atoms. The summed E-state index contributed by atoms with van der Waals surface area (Å²) < 4.78 is 13.0. The molecule has 2 heterocycles. The SMILES string of the molecule is CCOC(=O)c1cc(CC)sc1NC(=O)CSc1nnc(C(C)Oc2ccccc2)n1CC. The average molecular weight is 489 g/mol. The highest BCUT2D eigenvalue weighted by atomic mass is 32.2. The molecule has 33 heavy (non-hydrogen) atoms. The molecular formula is C23H28N4O4S2. The van der Waals surface area contributed by atoms with Crippen LogP contribution in [0.2, 0.25) is 0 Å². The molecule has 0 aliphatic rings. The van der Waals surface area contributed by atoms with Gasteiger partial charge in [-0.15, -0.1) is 21.5 Å². The number of ether oxygens (including phenoxy) is 2. The minimum absolute atomic E-state index is 0.133. The molecule has 0 bridgehead atoms. The van der Waals surface area contributed by atoms with Crippen molar-refractivity contribution >= 4 is 40.0 Å². The molecule has 3 aromatic rings. The first kappa shape index (κ1) is 24.8. The Labute approximate surface area is 201 Å². The molecular weight excluding hydrogens is 460 g/mol. The van der Waals surface area contributed by atoms with Crippen molar-refractivity contribution in [2.45, 2.75) is 51.9 Å². The zero-order chi connectivity index (χ0) is 23.8. The third-order valence-electron chi connectivity index (χ3n) is 4.69. The van der Waals surface area contributed by atoms with Gasteiger partial charge in [-0.1, -0.05) is 36.9 Å². The number of aryl methyl sites for hydroxylation is 1. The summed E-state index contributed by atoms with van der Waals surface area (Å²) in [6, 6.07) is 11.3. The number of carbonyl (C=O) groups is 2. The Balaban J connectivity index is 1.65. The Morgan fingerprint density at radius 2 is 1.94 bits per heavy atom. The number of hydrogen-bond acceptors (Lipinski definition) is 8. The summed E-state index contributed by atoms with van der Waals surface area (Å²) in [4.78, 5) is 25.9. The van der Waals surface area contributed by atoms with E-state index in [0.29, 0.717) is 28.1 Å². The van der Waals surface area contributed by atoms with E-state index in [1.54, 1.807) is 13.0 Å². The van der Waals surface area contributed by atoms with Gasteiger partial charge in [0.05, 0.1) is 17.9 Å². The van der Waals surface area contributed by atoms with Gasteiger partial charge in [0.1, 0.15) is 10.8 Å². The Kier molecular flexibility index (Phi) is 8.90. The second-order valence-corrected chi connectivity index (χ2v) is 9.10. The molecule has 0 saturated carbocycles. The molecule has 176 valence electrons. The van der Waals surface area contributed by atoms with Crippen LogP contribution in [-0.4, -0.2) is 39.0 Å². The van der Waals surface area contributed by atoms with Crippen LogP contribution < -0.4 is 10.1 Å². The maximum atomic E-state index is 12.6. The number of benzene rings is 1. The number of nitrogens with one attached hydrogen (secondary N) is 1. The van der Waals surface area contributed by atoms with Crippen LogP contribution in [0.5, 0.6) is 5.75 Å². The fourth-order valence-corrected chi connectivity index (χ4v) is 4.93. The van der Waals surface area contributed by atoms with Crippen LogP contribution in [0.15, 0.2) is 41.6 Å². The monoisotopic (exact) mass is 488 g/mol. The summed E-state index contributed by atoms with van der Waals surface area (Å²) in [5.74, 6) is 0.923. The first-order valence-corrected chi connectivity index (χ1v) is 12.6. The number of para-hydroxylation sites is 1. The molecule has 1 amide bonds. The molecule has 1 N–H and O–H groups in total. The highest BCUT2D eigenvalue weighted by Crippen LogP contribution is 2.30. The molecule has 3 rings (SSSR count). The van der Waals surface area contributed by atoms with E-state index in [1.807, 2.05) is 55.7 Å². The molecule has 0 aliphatic heterocycles. The van der Waals surface area contributed by atoms with Gasteiger partial charge in [-0.3, -0.25) is 4.79 Å². The van der Waals surface area contributed by atoms with Gasteiger partial charge >= 0.3 is 5.97 Å². The van der Waals surface area contributed by atoms with E-state index in [0.717, 1.165) is 17.0 Å². The maximum Gasteiger partial charge on any atom is 0.341 e. The van der Waals surface area contributed by atoms with Crippen LogP contribution in [0.25, 0.3) is 0 Å². The Bertz CT molecular complexity index is 1080. The predicted octanol–water partition coefficient (Wildman–Crippen LogP) is 4.97. The van der Waals surface area contributed by atoms with Crippen molar-refractivity contribution in [3.63, 3.8) is 0 Å². The second-order valence-electron chi connectivity index (χ2n) is 7.02. The zero-order valence-electron chi connectivity index (χ0n) is 19.2. The van der Waals surface area contributed by atoms with Gasteiger partial charge in [-0.25, -0.2) is 4.79 Å². The molecule has 0 fully saturated rings. The van der Waals surface area contributed by atoms with Crippen molar-refractivity contribution < 1.29 is 19.1 Å². The van der Waals surface area contributed by atoms with Crippen LogP contribution >= 0.6 is 23.1 Å². The summed E-state index contributed by atoms with van der Waals surface area (Å²) in [5.41, 5.74) is 0.392. The van der Waals surface area contributed by atoms with Gasteiger partial charge in [0.25, 0.3) is 0 Å². The number of nitrogens with zero attached hydrogens (tertiary/aromatic N) is 3. The Morgan fingerprint density at radius 1 is 1.18 bits per heavy atom. The molecule has 1 atom stereocenters. The van der Waals surface area contributed by atoms with Crippen LogP contribution in [0.3, 0.4) is 0 Å². The third-order valence-corrected chi connectivity index (χ3v) is 6.86. The van der Waals surface area contributed by atoms with E-state index in [1.165, 1.54) is 23.1 Å². The number of thiophene rings is 1. The van der Waals surface area contributed by atoms with E-state index >= 15 is 0 Å². The highest BCUT2D eigenvalue weighted by molar-refractivity contribution is 7.99. The smallest absolute Gasteiger partial charge is 0.341 e. The lowest BCUT2D eigenvalue weighted by atomic mass is 10.2. The van der Waals surface area contributed by atoms with Gasteiger partial charge < -0.3 is 19.4 Å². The zero-order valence-corrected chi connectivity index (χ0v) is 20.8. The number of anilines is 1. The van der Waals surface area contributed by atoms with E-state index in [9.17, 15) is 9.59 Å². The van der Waals surface area contributed by atoms with Gasteiger partial charge in [-0.2, -0.15) is 0 Å². The molecule has 0 saturated heterocycles. The first-order valence-electron chi connectivity index (χ1n) is 10.8. The molecule has 8 nitrogen and oxygen atoms in total. The first-order chi connectivity index (χ1) is 16.0. The van der Waals surface area contributed by atoms with E-state index in [2.05, 4.69) is 15.5 Å². The summed E-state index contributed by atoms with van der Waals surface area (Å²) >= 11 is 2.68. The van der Waals surface area contributed by atoms with Crippen molar-refractivity contribution in [3.8, 4) is 5.75 Å². The van der Waals surface area contributed by atoms with Crippen LogP contribution in [0, 0.1) is 0 Å². The number of carbonyl (C=O) groups excluding carboxylic acids is 2. The van der Waals surface area contributed by atoms with Crippen molar-refractivity contribution in [3.05, 3.63) is 52.7 Å². The van der Waals surface area contributed by atoms with Gasteiger partial charge in [0.2, 0.25) is 5.91 Å². The Morgan fingerprint density at radius 3 is 2.61 bits per heavy atom. The molecule has 2 aromatic heterocycles. The number of hydrogen-bond donors (Lipinski definition) is 1. The topological polar surface area (TPSA) is 95.3 Å². The Hall–Kier alpha value is -2.85. The molecule has 10 heteroatoms. The molecule has 0 radical (unpaired) electrons. The van der Waals surface area contributed by atoms with E-state index < -0.39 is 5.97 Å². The minimum Gasteiger partial charge on any atom is -0.483 e. The fourth-order valence-electron chi connectivity index (χ4n) is 3.12. The summed E-state index contributed by atoms with van der Waals surface area (Å²) in [7, 11) is 0. The van der Waals surface area contributed by atoms with E-state index in [-0.39, 0.29) is 24.4 Å². The van der Waals surface area contributed by atoms with Crippen molar-refractivity contribution in [2.24, 2.45) is 0 Å².